The normalized spacial score (nSPS) is 11.7. The Morgan fingerprint density at radius 2 is 1.65 bits per heavy atom. The fraction of sp³-hybridized carbons (Fsp3) is 0.500. The topological polar surface area (TPSA) is 142 Å². The van der Waals surface area contributed by atoms with Crippen LogP contribution in [0, 0.1) is 26.1 Å². The molecule has 1 aromatic rings. The van der Waals surface area contributed by atoms with Gasteiger partial charge in [-0.15, -0.1) is 0 Å². The lowest BCUT2D eigenvalue weighted by Crippen LogP contribution is -2.45. The molecule has 0 aromatic heterocycles. The van der Waals surface area contributed by atoms with E-state index in [2.05, 4.69) is 5.32 Å². The van der Waals surface area contributed by atoms with Gasteiger partial charge < -0.3 is 10.1 Å². The first kappa shape index (κ1) is 21.0. The number of nitro benzene ring substituents is 2. The molecule has 1 N–H and O–H groups in total. The Kier molecular flexibility index (Phi) is 7.63. The molecule has 0 fully saturated rings. The first-order valence-corrected chi connectivity index (χ1v) is 8.08. The first-order valence-electron chi connectivity index (χ1n) is 8.08. The van der Waals surface area contributed by atoms with Crippen molar-refractivity contribution < 1.29 is 24.2 Å². The lowest BCUT2D eigenvalue weighted by atomic mass is 10.0. The van der Waals surface area contributed by atoms with E-state index in [9.17, 15) is 29.8 Å². The van der Waals surface area contributed by atoms with Gasteiger partial charge in [-0.3, -0.25) is 25.0 Å². The summed E-state index contributed by atoms with van der Waals surface area (Å²) in [7, 11) is 0. The second-order valence-corrected chi connectivity index (χ2v) is 5.97. The van der Waals surface area contributed by atoms with Gasteiger partial charge in [0.2, 0.25) is 0 Å². The zero-order valence-electron chi connectivity index (χ0n) is 14.8. The van der Waals surface area contributed by atoms with Gasteiger partial charge in [-0.1, -0.05) is 27.2 Å². The number of hydrogen-bond donors (Lipinski definition) is 1. The van der Waals surface area contributed by atoms with Crippen LogP contribution in [0.3, 0.4) is 0 Å². The van der Waals surface area contributed by atoms with Crippen molar-refractivity contribution in [3.05, 3.63) is 44.0 Å². The number of carbonyl (C=O) groups excluding carboxylic acids is 2. The smallest absolute Gasteiger partial charge is 0.328 e. The van der Waals surface area contributed by atoms with Crippen molar-refractivity contribution in [1.29, 1.82) is 0 Å². The average Bonchev–Trinajstić information content (AvgIpc) is 2.58. The Balaban J connectivity index is 3.04. The van der Waals surface area contributed by atoms with Gasteiger partial charge in [0.1, 0.15) is 6.04 Å². The number of rotatable bonds is 9. The van der Waals surface area contributed by atoms with Crippen molar-refractivity contribution in [2.75, 3.05) is 6.61 Å². The average molecular weight is 367 g/mol. The molecular formula is C16H21N3O7. The Morgan fingerprint density at radius 3 is 2.08 bits per heavy atom. The van der Waals surface area contributed by atoms with Crippen molar-refractivity contribution in [2.24, 2.45) is 5.92 Å². The standard InChI is InChI=1S/C16H21N3O7/c1-4-5-6-26-16(21)14(10(2)3)17-15(20)11-7-12(18(22)23)9-13(8-11)19(24)25/h7-10,14H,4-6H2,1-3H3,(H,17,20)/t14-/m0/s1. The molecule has 142 valence electrons. The maximum absolute atomic E-state index is 12.4. The number of nitrogens with zero attached hydrogens (tertiary/aromatic N) is 2. The number of nitrogens with one attached hydrogen (secondary N) is 1. The van der Waals surface area contributed by atoms with E-state index < -0.39 is 39.1 Å². The number of esters is 1. The molecule has 0 bridgehead atoms. The second kappa shape index (κ2) is 9.44. The molecule has 0 aliphatic heterocycles. The van der Waals surface area contributed by atoms with Crippen LogP contribution in [0.5, 0.6) is 0 Å². The lowest BCUT2D eigenvalue weighted by Gasteiger charge is -2.20. The summed E-state index contributed by atoms with van der Waals surface area (Å²) in [6, 6.07) is 1.62. The van der Waals surface area contributed by atoms with Crippen molar-refractivity contribution in [3.63, 3.8) is 0 Å². The van der Waals surface area contributed by atoms with Crippen LogP contribution in [0.25, 0.3) is 0 Å². The van der Waals surface area contributed by atoms with Gasteiger partial charge in [0.05, 0.1) is 28.1 Å². The van der Waals surface area contributed by atoms with E-state index in [4.69, 9.17) is 4.74 Å². The molecule has 0 saturated carbocycles. The molecule has 0 aliphatic rings. The SMILES string of the molecule is CCCCOC(=O)[C@@H](NC(=O)c1cc([N+](=O)[O-])cc([N+](=O)[O-])c1)C(C)C. The van der Waals surface area contributed by atoms with E-state index in [0.717, 1.165) is 24.6 Å². The Labute approximate surface area is 149 Å². The lowest BCUT2D eigenvalue weighted by molar-refractivity contribution is -0.394. The Hall–Kier alpha value is -3.04. The number of benzene rings is 1. The molecule has 10 heteroatoms. The summed E-state index contributed by atoms with van der Waals surface area (Å²) < 4.78 is 5.10. The van der Waals surface area contributed by atoms with Crippen LogP contribution in [0.15, 0.2) is 18.2 Å². The molecule has 0 heterocycles. The quantitative estimate of drug-likeness (QED) is 0.306. The van der Waals surface area contributed by atoms with Crippen LogP contribution < -0.4 is 5.32 Å². The summed E-state index contributed by atoms with van der Waals surface area (Å²) in [4.78, 5) is 44.7. The number of non-ortho nitro benzene ring substituents is 2. The van der Waals surface area contributed by atoms with Crippen molar-refractivity contribution in [2.45, 2.75) is 39.7 Å². The van der Waals surface area contributed by atoms with Gasteiger partial charge >= 0.3 is 5.97 Å². The van der Waals surface area contributed by atoms with Gasteiger partial charge in [-0.2, -0.15) is 0 Å². The summed E-state index contributed by atoms with van der Waals surface area (Å²) in [6.45, 7) is 5.55. The monoisotopic (exact) mass is 367 g/mol. The molecule has 26 heavy (non-hydrogen) atoms. The zero-order chi connectivity index (χ0) is 19.9. The highest BCUT2D eigenvalue weighted by atomic mass is 16.6. The number of unbranched alkanes of at least 4 members (excludes halogenated alkanes) is 1. The van der Waals surface area contributed by atoms with Crippen molar-refractivity contribution in [1.82, 2.24) is 5.32 Å². The van der Waals surface area contributed by atoms with Crippen LogP contribution >= 0.6 is 0 Å². The minimum Gasteiger partial charge on any atom is -0.464 e. The summed E-state index contributed by atoms with van der Waals surface area (Å²) >= 11 is 0. The maximum atomic E-state index is 12.4. The maximum Gasteiger partial charge on any atom is 0.328 e. The summed E-state index contributed by atoms with van der Waals surface area (Å²) in [5.74, 6) is -1.76. The van der Waals surface area contributed by atoms with Crippen LogP contribution in [-0.4, -0.2) is 34.4 Å². The third-order valence-electron chi connectivity index (χ3n) is 3.54. The van der Waals surface area contributed by atoms with E-state index in [-0.39, 0.29) is 18.1 Å². The molecule has 10 nitrogen and oxygen atoms in total. The van der Waals surface area contributed by atoms with E-state index >= 15 is 0 Å². The molecule has 1 rings (SSSR count). The predicted octanol–water partition coefficient (Wildman–Crippen LogP) is 2.60. The summed E-state index contributed by atoms with van der Waals surface area (Å²) in [5, 5.41) is 24.3. The number of carbonyl (C=O) groups is 2. The summed E-state index contributed by atoms with van der Waals surface area (Å²) in [5.41, 5.74) is -1.45. The minimum atomic E-state index is -0.974. The third kappa shape index (κ3) is 5.80. The van der Waals surface area contributed by atoms with Crippen LogP contribution in [0.4, 0.5) is 11.4 Å². The number of hydrogen-bond acceptors (Lipinski definition) is 7. The molecule has 1 amide bonds. The Morgan fingerprint density at radius 1 is 1.12 bits per heavy atom. The largest absolute Gasteiger partial charge is 0.464 e. The molecule has 0 radical (unpaired) electrons. The van der Waals surface area contributed by atoms with Gasteiger partial charge in [0.15, 0.2) is 0 Å². The first-order chi connectivity index (χ1) is 12.2. The summed E-state index contributed by atoms with van der Waals surface area (Å²) in [6.07, 6.45) is 1.52. The second-order valence-electron chi connectivity index (χ2n) is 5.97. The van der Waals surface area contributed by atoms with Crippen molar-refractivity contribution >= 4 is 23.3 Å². The fourth-order valence-corrected chi connectivity index (χ4v) is 2.07. The van der Waals surface area contributed by atoms with Gasteiger partial charge in [-0.25, -0.2) is 4.79 Å². The molecule has 0 spiro atoms. The van der Waals surface area contributed by atoms with Gasteiger partial charge in [0.25, 0.3) is 17.3 Å². The molecule has 0 aliphatic carbocycles. The molecular weight excluding hydrogens is 346 g/mol. The van der Waals surface area contributed by atoms with Gasteiger partial charge in [0, 0.05) is 12.1 Å². The highest BCUT2D eigenvalue weighted by Gasteiger charge is 2.28. The number of ether oxygens (including phenoxy) is 1. The van der Waals surface area contributed by atoms with E-state index in [1.54, 1.807) is 13.8 Å². The Bertz CT molecular complexity index is 671. The van der Waals surface area contributed by atoms with Crippen molar-refractivity contribution in [3.8, 4) is 0 Å². The number of nitro groups is 2. The minimum absolute atomic E-state index is 0.219. The van der Waals surface area contributed by atoms with E-state index in [0.29, 0.717) is 6.42 Å². The molecule has 0 saturated heterocycles. The highest BCUT2D eigenvalue weighted by Crippen LogP contribution is 2.23. The van der Waals surface area contributed by atoms with E-state index in [1.165, 1.54) is 0 Å². The third-order valence-corrected chi connectivity index (χ3v) is 3.54. The van der Waals surface area contributed by atoms with Crippen LogP contribution in [0.1, 0.15) is 44.0 Å². The predicted molar refractivity (Wildman–Crippen MR) is 91.7 cm³/mol. The molecule has 0 unspecified atom stereocenters. The van der Waals surface area contributed by atoms with Crippen LogP contribution in [0.2, 0.25) is 0 Å². The van der Waals surface area contributed by atoms with Gasteiger partial charge in [-0.05, 0) is 12.3 Å². The molecule has 1 aromatic carbocycles. The van der Waals surface area contributed by atoms with Crippen LogP contribution in [-0.2, 0) is 9.53 Å². The zero-order valence-corrected chi connectivity index (χ0v) is 14.8. The highest BCUT2D eigenvalue weighted by molar-refractivity contribution is 5.98. The fourth-order valence-electron chi connectivity index (χ4n) is 2.07. The van der Waals surface area contributed by atoms with E-state index in [1.807, 2.05) is 6.92 Å². The molecule has 1 atom stereocenters. The number of amides is 1.